The van der Waals surface area contributed by atoms with E-state index in [4.69, 9.17) is 17.0 Å². The quantitative estimate of drug-likeness (QED) is 0.795. The van der Waals surface area contributed by atoms with E-state index in [-0.39, 0.29) is 12.1 Å². The zero-order valence-corrected chi connectivity index (χ0v) is 12.4. The highest BCUT2D eigenvalue weighted by Gasteiger charge is 2.33. The van der Waals surface area contributed by atoms with Crippen LogP contribution < -0.4 is 0 Å². The SMILES string of the molecule is CC(C)(C)OC(=O)N1CCC[C@H]1c1ccc(=S)[nH]c1. The first-order valence-corrected chi connectivity index (χ1v) is 6.96. The highest BCUT2D eigenvalue weighted by Crippen LogP contribution is 2.32. The zero-order valence-electron chi connectivity index (χ0n) is 11.6. The summed E-state index contributed by atoms with van der Waals surface area (Å²) < 4.78 is 6.15. The lowest BCUT2D eigenvalue weighted by molar-refractivity contribution is 0.0224. The number of pyridine rings is 1. The van der Waals surface area contributed by atoms with Crippen molar-refractivity contribution in [2.24, 2.45) is 0 Å². The van der Waals surface area contributed by atoms with Crippen LogP contribution in [0, 0.1) is 4.64 Å². The smallest absolute Gasteiger partial charge is 0.410 e. The number of hydrogen-bond donors (Lipinski definition) is 1. The second-order valence-corrected chi connectivity index (χ2v) is 6.26. The average Bonchev–Trinajstić information content (AvgIpc) is 2.76. The van der Waals surface area contributed by atoms with Gasteiger partial charge in [-0.3, -0.25) is 0 Å². The van der Waals surface area contributed by atoms with Crippen molar-refractivity contribution < 1.29 is 9.53 Å². The van der Waals surface area contributed by atoms with Crippen molar-refractivity contribution in [3.05, 3.63) is 28.5 Å². The summed E-state index contributed by atoms with van der Waals surface area (Å²) in [5.41, 5.74) is 0.623. The molecule has 1 atom stereocenters. The molecule has 1 N–H and O–H groups in total. The van der Waals surface area contributed by atoms with Gasteiger partial charge in [0.2, 0.25) is 0 Å². The van der Waals surface area contributed by atoms with Gasteiger partial charge in [0.15, 0.2) is 0 Å². The molecule has 1 aliphatic rings. The largest absolute Gasteiger partial charge is 0.444 e. The fourth-order valence-electron chi connectivity index (χ4n) is 2.28. The molecular weight excluding hydrogens is 260 g/mol. The summed E-state index contributed by atoms with van der Waals surface area (Å²) in [5, 5.41) is 0. The van der Waals surface area contributed by atoms with Crippen molar-refractivity contribution in [2.45, 2.75) is 45.3 Å². The minimum Gasteiger partial charge on any atom is -0.444 e. The highest BCUT2D eigenvalue weighted by molar-refractivity contribution is 7.71. The summed E-state index contributed by atoms with van der Waals surface area (Å²) in [5.74, 6) is 0. The van der Waals surface area contributed by atoms with Crippen LogP contribution in [0.2, 0.25) is 0 Å². The lowest BCUT2D eigenvalue weighted by Crippen LogP contribution is -2.36. The van der Waals surface area contributed by atoms with Gasteiger partial charge in [0, 0.05) is 12.7 Å². The van der Waals surface area contributed by atoms with Gasteiger partial charge >= 0.3 is 6.09 Å². The maximum atomic E-state index is 12.2. The van der Waals surface area contributed by atoms with Crippen LogP contribution in [0.1, 0.15) is 45.2 Å². The van der Waals surface area contributed by atoms with Crippen molar-refractivity contribution in [1.82, 2.24) is 9.88 Å². The standard InChI is InChI=1S/C14H20N2O2S/c1-14(2,3)18-13(17)16-8-4-5-11(16)10-6-7-12(19)15-9-10/h6-7,9,11H,4-5,8H2,1-3H3,(H,15,19)/t11-/m0/s1. The summed E-state index contributed by atoms with van der Waals surface area (Å²) >= 11 is 5.04. The molecule has 1 fully saturated rings. The molecule has 0 unspecified atom stereocenters. The number of likely N-dealkylation sites (tertiary alicyclic amines) is 1. The number of amides is 1. The van der Waals surface area contributed by atoms with E-state index in [2.05, 4.69) is 4.98 Å². The van der Waals surface area contributed by atoms with Gasteiger partial charge in [0.25, 0.3) is 0 Å². The highest BCUT2D eigenvalue weighted by atomic mass is 32.1. The molecule has 0 aromatic carbocycles. The molecule has 5 heteroatoms. The first-order chi connectivity index (χ1) is 8.87. The number of rotatable bonds is 1. The fourth-order valence-corrected chi connectivity index (χ4v) is 2.41. The molecule has 4 nitrogen and oxygen atoms in total. The van der Waals surface area contributed by atoms with Gasteiger partial charge in [-0.1, -0.05) is 18.3 Å². The number of hydrogen-bond acceptors (Lipinski definition) is 3. The molecule has 104 valence electrons. The molecule has 2 rings (SSSR count). The Balaban J connectivity index is 2.15. The third-order valence-corrected chi connectivity index (χ3v) is 3.33. The lowest BCUT2D eigenvalue weighted by Gasteiger charge is -2.28. The van der Waals surface area contributed by atoms with E-state index in [0.29, 0.717) is 4.64 Å². The Morgan fingerprint density at radius 1 is 1.47 bits per heavy atom. The van der Waals surface area contributed by atoms with Crippen molar-refractivity contribution in [1.29, 1.82) is 0 Å². The molecule has 0 aliphatic carbocycles. The molecule has 1 amide bonds. The van der Waals surface area contributed by atoms with Crippen LogP contribution in [0.5, 0.6) is 0 Å². The summed E-state index contributed by atoms with van der Waals surface area (Å²) in [6, 6.07) is 3.92. The van der Waals surface area contributed by atoms with Gasteiger partial charge in [-0.2, -0.15) is 0 Å². The summed E-state index contributed by atoms with van der Waals surface area (Å²) in [4.78, 5) is 17.0. The van der Waals surface area contributed by atoms with E-state index in [9.17, 15) is 4.79 Å². The van der Waals surface area contributed by atoms with Crippen LogP contribution in [0.4, 0.5) is 4.79 Å². The number of nitrogens with one attached hydrogen (secondary N) is 1. The molecule has 0 saturated carbocycles. The predicted octanol–water partition coefficient (Wildman–Crippen LogP) is 3.82. The van der Waals surface area contributed by atoms with Gasteiger partial charge in [-0.15, -0.1) is 0 Å². The molecule has 1 saturated heterocycles. The molecule has 0 radical (unpaired) electrons. The second kappa shape index (κ2) is 5.33. The van der Waals surface area contributed by atoms with Crippen LogP contribution >= 0.6 is 12.2 Å². The Morgan fingerprint density at radius 3 is 2.79 bits per heavy atom. The van der Waals surface area contributed by atoms with Crippen LogP contribution in [-0.2, 0) is 4.74 Å². The minimum absolute atomic E-state index is 0.0849. The number of aromatic nitrogens is 1. The van der Waals surface area contributed by atoms with Crippen LogP contribution in [-0.4, -0.2) is 28.1 Å². The number of ether oxygens (including phenoxy) is 1. The number of nitrogens with zero attached hydrogens (tertiary/aromatic N) is 1. The topological polar surface area (TPSA) is 45.3 Å². The molecule has 2 heterocycles. The van der Waals surface area contributed by atoms with Crippen molar-refractivity contribution in [3.63, 3.8) is 0 Å². The molecule has 0 bridgehead atoms. The Labute approximate surface area is 118 Å². The van der Waals surface area contributed by atoms with Crippen molar-refractivity contribution in [3.8, 4) is 0 Å². The normalized spacial score (nSPS) is 19.5. The molecule has 0 spiro atoms. The molecular formula is C14H20N2O2S. The van der Waals surface area contributed by atoms with E-state index in [1.807, 2.05) is 39.1 Å². The minimum atomic E-state index is -0.458. The Kier molecular flexibility index (Phi) is 3.94. The van der Waals surface area contributed by atoms with E-state index >= 15 is 0 Å². The average molecular weight is 280 g/mol. The third-order valence-electron chi connectivity index (χ3n) is 3.07. The Bertz CT molecular complexity index is 498. The molecule has 19 heavy (non-hydrogen) atoms. The summed E-state index contributed by atoms with van der Waals surface area (Å²) in [7, 11) is 0. The van der Waals surface area contributed by atoms with Gasteiger partial charge in [-0.05, 0) is 45.2 Å². The van der Waals surface area contributed by atoms with E-state index in [1.54, 1.807) is 4.90 Å². The number of carbonyl (C=O) groups excluding carboxylic acids is 1. The first-order valence-electron chi connectivity index (χ1n) is 6.55. The maximum absolute atomic E-state index is 12.2. The predicted molar refractivity (Wildman–Crippen MR) is 76.5 cm³/mol. The van der Waals surface area contributed by atoms with Crippen molar-refractivity contribution in [2.75, 3.05) is 6.54 Å². The fraction of sp³-hybridized carbons (Fsp3) is 0.571. The number of carbonyl (C=O) groups is 1. The van der Waals surface area contributed by atoms with Crippen LogP contribution in [0.15, 0.2) is 18.3 Å². The first kappa shape index (κ1) is 14.1. The van der Waals surface area contributed by atoms with E-state index in [1.165, 1.54) is 0 Å². The second-order valence-electron chi connectivity index (χ2n) is 5.82. The molecule has 1 aromatic heterocycles. The third kappa shape index (κ3) is 3.56. The molecule has 1 aromatic rings. The maximum Gasteiger partial charge on any atom is 0.410 e. The van der Waals surface area contributed by atoms with Gasteiger partial charge in [-0.25, -0.2) is 4.79 Å². The van der Waals surface area contributed by atoms with Gasteiger partial charge in [0.1, 0.15) is 10.2 Å². The molecule has 1 aliphatic heterocycles. The number of aromatic amines is 1. The lowest BCUT2D eigenvalue weighted by atomic mass is 10.1. The monoisotopic (exact) mass is 280 g/mol. The van der Waals surface area contributed by atoms with E-state index in [0.717, 1.165) is 24.9 Å². The van der Waals surface area contributed by atoms with Gasteiger partial charge in [0.05, 0.1) is 6.04 Å². The summed E-state index contributed by atoms with van der Waals surface area (Å²) in [6.45, 7) is 6.40. The zero-order chi connectivity index (χ0) is 14.0. The van der Waals surface area contributed by atoms with Crippen molar-refractivity contribution >= 4 is 18.3 Å². The Hall–Kier alpha value is -1.36. The van der Waals surface area contributed by atoms with Gasteiger partial charge < -0.3 is 14.6 Å². The Morgan fingerprint density at radius 2 is 2.21 bits per heavy atom. The summed E-state index contributed by atoms with van der Waals surface area (Å²) in [6.07, 6.45) is 3.61. The van der Waals surface area contributed by atoms with E-state index < -0.39 is 5.60 Å². The van der Waals surface area contributed by atoms with Crippen LogP contribution in [0.3, 0.4) is 0 Å². The number of H-pyrrole nitrogens is 1. The van der Waals surface area contributed by atoms with Crippen LogP contribution in [0.25, 0.3) is 0 Å².